The summed E-state index contributed by atoms with van der Waals surface area (Å²) in [7, 11) is 0. The molecule has 1 aliphatic rings. The number of aliphatic carboxylic acids is 1. The summed E-state index contributed by atoms with van der Waals surface area (Å²) in [6.07, 6.45) is 4.88. The molecule has 1 fully saturated rings. The van der Waals surface area contributed by atoms with E-state index in [1.165, 1.54) is 6.20 Å². The molecule has 0 aliphatic heterocycles. The molecule has 1 aromatic heterocycles. The number of carbonyl (C=O) groups is 2. The van der Waals surface area contributed by atoms with Gasteiger partial charge >= 0.3 is 5.97 Å². The molecule has 1 heterocycles. The van der Waals surface area contributed by atoms with E-state index in [1.807, 2.05) is 30.3 Å². The van der Waals surface area contributed by atoms with Crippen LogP contribution >= 0.6 is 0 Å². The van der Waals surface area contributed by atoms with E-state index >= 15 is 0 Å². The van der Waals surface area contributed by atoms with E-state index in [0.29, 0.717) is 24.9 Å². The van der Waals surface area contributed by atoms with Crippen LogP contribution in [0.15, 0.2) is 42.7 Å². The molecule has 2 aromatic rings. The van der Waals surface area contributed by atoms with E-state index in [9.17, 15) is 14.7 Å². The number of hydrogen-bond acceptors (Lipinski definition) is 3. The number of carboxylic acids is 1. The molecule has 0 spiro atoms. The molecular weight excluding hydrogens is 282 g/mol. The van der Waals surface area contributed by atoms with Crippen molar-refractivity contribution < 1.29 is 14.7 Å². The molecule has 0 radical (unpaired) electrons. The minimum Gasteiger partial charge on any atom is -0.480 e. The summed E-state index contributed by atoms with van der Waals surface area (Å²) in [6.45, 7) is 0.568. The van der Waals surface area contributed by atoms with Crippen LogP contribution < -0.4 is 5.32 Å². The lowest BCUT2D eigenvalue weighted by Gasteiger charge is -2.38. The molecule has 0 unspecified atom stereocenters. The topological polar surface area (TPSA) is 84.2 Å². The van der Waals surface area contributed by atoms with Crippen molar-refractivity contribution in [1.29, 1.82) is 0 Å². The fourth-order valence-electron chi connectivity index (χ4n) is 2.55. The molecule has 2 N–H and O–H groups in total. The second kappa shape index (κ2) is 5.63. The first-order valence-electron chi connectivity index (χ1n) is 7.21. The van der Waals surface area contributed by atoms with Gasteiger partial charge in [-0.1, -0.05) is 30.3 Å². The number of aromatic nitrogens is 2. The summed E-state index contributed by atoms with van der Waals surface area (Å²) in [5.74, 6) is -1.36. The summed E-state index contributed by atoms with van der Waals surface area (Å²) in [6, 6.07) is 9.79. The maximum absolute atomic E-state index is 12.2. The maximum atomic E-state index is 12.2. The van der Waals surface area contributed by atoms with Gasteiger partial charge in [-0.3, -0.25) is 9.48 Å². The van der Waals surface area contributed by atoms with Gasteiger partial charge in [0.15, 0.2) is 0 Å². The molecule has 1 amide bonds. The minimum absolute atomic E-state index is 0.378. The Kier molecular flexibility index (Phi) is 3.66. The highest BCUT2D eigenvalue weighted by atomic mass is 16.4. The van der Waals surface area contributed by atoms with E-state index < -0.39 is 11.5 Å². The highest BCUT2D eigenvalue weighted by Crippen LogP contribution is 2.32. The van der Waals surface area contributed by atoms with Crippen molar-refractivity contribution in [2.24, 2.45) is 0 Å². The average molecular weight is 299 g/mol. The van der Waals surface area contributed by atoms with Crippen molar-refractivity contribution in [3.8, 4) is 0 Å². The summed E-state index contributed by atoms with van der Waals surface area (Å²) in [5, 5.41) is 16.0. The monoisotopic (exact) mass is 299 g/mol. The van der Waals surface area contributed by atoms with E-state index in [4.69, 9.17) is 0 Å². The molecule has 6 nitrogen and oxygen atoms in total. The Labute approximate surface area is 127 Å². The van der Waals surface area contributed by atoms with Crippen LogP contribution in [-0.4, -0.2) is 32.3 Å². The molecule has 6 heteroatoms. The SMILES string of the molecule is O=C(NC1(C(=O)O)CCC1)c1cnn(Cc2ccccc2)c1. The normalized spacial score (nSPS) is 15.8. The zero-order valence-electron chi connectivity index (χ0n) is 12.0. The summed E-state index contributed by atoms with van der Waals surface area (Å²) in [4.78, 5) is 23.5. The third-order valence-corrected chi connectivity index (χ3v) is 4.05. The second-order valence-corrected chi connectivity index (χ2v) is 5.61. The fraction of sp³-hybridized carbons (Fsp3) is 0.312. The van der Waals surface area contributed by atoms with Crippen LogP contribution in [0.4, 0.5) is 0 Å². The second-order valence-electron chi connectivity index (χ2n) is 5.61. The first-order chi connectivity index (χ1) is 10.6. The van der Waals surface area contributed by atoms with Gasteiger partial charge in [-0.15, -0.1) is 0 Å². The van der Waals surface area contributed by atoms with Gasteiger partial charge in [0.25, 0.3) is 5.91 Å². The van der Waals surface area contributed by atoms with Gasteiger partial charge < -0.3 is 10.4 Å². The molecule has 1 aromatic carbocycles. The van der Waals surface area contributed by atoms with Crippen molar-refractivity contribution in [1.82, 2.24) is 15.1 Å². The quantitative estimate of drug-likeness (QED) is 0.879. The lowest BCUT2D eigenvalue weighted by molar-refractivity contribution is -0.148. The minimum atomic E-state index is -1.10. The Balaban J connectivity index is 1.68. The standard InChI is InChI=1S/C16H17N3O3/c20-14(18-16(15(21)22)7-4-8-16)13-9-17-19(11-13)10-12-5-2-1-3-6-12/h1-3,5-6,9,11H,4,7-8,10H2,(H,18,20)(H,21,22). The predicted octanol–water partition coefficient (Wildman–Crippen LogP) is 1.67. The van der Waals surface area contributed by atoms with Crippen molar-refractivity contribution in [2.45, 2.75) is 31.3 Å². The van der Waals surface area contributed by atoms with E-state index in [0.717, 1.165) is 12.0 Å². The average Bonchev–Trinajstić information content (AvgIpc) is 2.92. The molecule has 0 bridgehead atoms. The Morgan fingerprint density at radius 3 is 2.59 bits per heavy atom. The number of nitrogens with one attached hydrogen (secondary N) is 1. The van der Waals surface area contributed by atoms with Gasteiger partial charge in [-0.25, -0.2) is 4.79 Å². The first kappa shape index (κ1) is 14.3. The van der Waals surface area contributed by atoms with Gasteiger partial charge in [0.05, 0.1) is 18.3 Å². The van der Waals surface area contributed by atoms with E-state index in [2.05, 4.69) is 10.4 Å². The fourth-order valence-corrected chi connectivity index (χ4v) is 2.55. The molecule has 0 atom stereocenters. The first-order valence-corrected chi connectivity index (χ1v) is 7.21. The molecule has 114 valence electrons. The maximum Gasteiger partial charge on any atom is 0.329 e. The van der Waals surface area contributed by atoms with Crippen LogP contribution in [0.1, 0.15) is 35.2 Å². The number of hydrogen-bond donors (Lipinski definition) is 2. The molecule has 0 saturated heterocycles. The summed E-state index contributed by atoms with van der Waals surface area (Å²) in [5.41, 5.74) is 0.362. The lowest BCUT2D eigenvalue weighted by atomic mass is 9.76. The molecule has 22 heavy (non-hydrogen) atoms. The van der Waals surface area contributed by atoms with Gasteiger partial charge in [-0.05, 0) is 24.8 Å². The zero-order valence-corrected chi connectivity index (χ0v) is 12.0. The van der Waals surface area contributed by atoms with Gasteiger partial charge in [0, 0.05) is 6.20 Å². The van der Waals surface area contributed by atoms with Crippen molar-refractivity contribution in [2.75, 3.05) is 0 Å². The summed E-state index contributed by atoms with van der Waals surface area (Å²) >= 11 is 0. The molecule has 1 saturated carbocycles. The van der Waals surface area contributed by atoms with Crippen LogP contribution in [0.3, 0.4) is 0 Å². The number of amides is 1. The number of benzene rings is 1. The highest BCUT2D eigenvalue weighted by molar-refractivity contribution is 5.97. The van der Waals surface area contributed by atoms with Crippen LogP contribution in [0.25, 0.3) is 0 Å². The third kappa shape index (κ3) is 2.72. The number of nitrogens with zero attached hydrogens (tertiary/aromatic N) is 2. The number of rotatable bonds is 5. The van der Waals surface area contributed by atoms with Crippen LogP contribution in [0.2, 0.25) is 0 Å². The van der Waals surface area contributed by atoms with Crippen LogP contribution in [0.5, 0.6) is 0 Å². The lowest BCUT2D eigenvalue weighted by Crippen LogP contribution is -2.59. The molecule has 3 rings (SSSR count). The Morgan fingerprint density at radius 2 is 2.00 bits per heavy atom. The van der Waals surface area contributed by atoms with Gasteiger partial charge in [-0.2, -0.15) is 5.10 Å². The number of carbonyl (C=O) groups excluding carboxylic acids is 1. The van der Waals surface area contributed by atoms with Crippen molar-refractivity contribution in [3.05, 3.63) is 53.9 Å². The largest absolute Gasteiger partial charge is 0.480 e. The van der Waals surface area contributed by atoms with Crippen molar-refractivity contribution in [3.63, 3.8) is 0 Å². The van der Waals surface area contributed by atoms with E-state index in [-0.39, 0.29) is 5.91 Å². The summed E-state index contributed by atoms with van der Waals surface area (Å²) < 4.78 is 1.67. The zero-order chi connectivity index (χ0) is 15.6. The van der Waals surface area contributed by atoms with E-state index in [1.54, 1.807) is 10.9 Å². The third-order valence-electron chi connectivity index (χ3n) is 4.05. The van der Waals surface area contributed by atoms with Crippen molar-refractivity contribution >= 4 is 11.9 Å². The Morgan fingerprint density at radius 1 is 1.27 bits per heavy atom. The molecular formula is C16H17N3O3. The number of carboxylic acid groups (broad SMARTS) is 1. The highest BCUT2D eigenvalue weighted by Gasteiger charge is 2.45. The Bertz CT molecular complexity index is 690. The van der Waals surface area contributed by atoms with Crippen LogP contribution in [-0.2, 0) is 11.3 Å². The molecule has 1 aliphatic carbocycles. The van der Waals surface area contributed by atoms with Crippen LogP contribution in [0, 0.1) is 0 Å². The Hall–Kier alpha value is -2.63. The van der Waals surface area contributed by atoms with Gasteiger partial charge in [0.1, 0.15) is 5.54 Å². The smallest absolute Gasteiger partial charge is 0.329 e. The van der Waals surface area contributed by atoms with Gasteiger partial charge in [0.2, 0.25) is 0 Å². The predicted molar refractivity (Wildman–Crippen MR) is 79.5 cm³/mol.